The van der Waals surface area contributed by atoms with Crippen LogP contribution in [-0.2, 0) is 9.53 Å². The molecule has 1 saturated carbocycles. The van der Waals surface area contributed by atoms with Crippen LogP contribution < -0.4 is 11.1 Å². The highest BCUT2D eigenvalue weighted by molar-refractivity contribution is 6.42. The van der Waals surface area contributed by atoms with Crippen LogP contribution in [-0.4, -0.2) is 12.1 Å². The Bertz CT molecular complexity index is 772. The lowest BCUT2D eigenvalue weighted by Crippen LogP contribution is -2.31. The Morgan fingerprint density at radius 3 is 2.48 bits per heavy atom. The Kier molecular flexibility index (Phi) is 5.40. The minimum absolute atomic E-state index is 0.0614. The summed E-state index contributed by atoms with van der Waals surface area (Å²) in [5.41, 5.74) is 9.39. The van der Waals surface area contributed by atoms with E-state index in [-0.39, 0.29) is 12.1 Å². The normalized spacial score (nSPS) is 19.2. The van der Waals surface area contributed by atoms with Gasteiger partial charge in [-0.15, -0.1) is 0 Å². The number of nitrogens with one attached hydrogen (secondary N) is 1. The smallest absolute Gasteiger partial charge is 0.305 e. The Balaban J connectivity index is 1.60. The van der Waals surface area contributed by atoms with Crippen LogP contribution in [0.15, 0.2) is 36.4 Å². The lowest BCUT2D eigenvalue weighted by Gasteiger charge is -2.35. The van der Waals surface area contributed by atoms with Gasteiger partial charge in [0.2, 0.25) is 0 Å². The molecule has 0 spiro atoms. The van der Waals surface area contributed by atoms with Crippen molar-refractivity contribution in [2.45, 2.75) is 38.2 Å². The zero-order valence-electron chi connectivity index (χ0n) is 13.9. The van der Waals surface area contributed by atoms with E-state index in [4.69, 9.17) is 33.7 Å². The predicted molar refractivity (Wildman–Crippen MR) is 103 cm³/mol. The molecule has 0 aromatic heterocycles. The van der Waals surface area contributed by atoms with Crippen LogP contribution in [0.1, 0.15) is 37.7 Å². The van der Waals surface area contributed by atoms with Crippen molar-refractivity contribution in [1.82, 2.24) is 0 Å². The van der Waals surface area contributed by atoms with Crippen molar-refractivity contribution < 1.29 is 9.53 Å². The first-order chi connectivity index (χ1) is 12.0. The van der Waals surface area contributed by atoms with Gasteiger partial charge in [0.1, 0.15) is 6.10 Å². The average Bonchev–Trinajstić information content (AvgIpc) is 2.56. The second kappa shape index (κ2) is 7.54. The van der Waals surface area contributed by atoms with E-state index in [0.717, 1.165) is 24.2 Å². The van der Waals surface area contributed by atoms with Gasteiger partial charge in [0.25, 0.3) is 0 Å². The molecule has 3 N–H and O–H groups in total. The molecule has 0 atom stereocenters. The molecule has 2 aromatic carbocycles. The zero-order chi connectivity index (χ0) is 18.0. The maximum absolute atomic E-state index is 11.3. The van der Waals surface area contributed by atoms with Crippen LogP contribution in [0.2, 0.25) is 10.0 Å². The third-order valence-corrected chi connectivity index (χ3v) is 5.16. The van der Waals surface area contributed by atoms with Gasteiger partial charge in [-0.3, -0.25) is 4.79 Å². The number of halogens is 2. The number of hydrogen-bond donors (Lipinski definition) is 2. The van der Waals surface area contributed by atoms with Crippen molar-refractivity contribution in [3.05, 3.63) is 52.0 Å². The third kappa shape index (κ3) is 4.20. The number of anilines is 3. The summed E-state index contributed by atoms with van der Waals surface area (Å²) in [6.07, 6.45) is 2.27. The van der Waals surface area contributed by atoms with Gasteiger partial charge >= 0.3 is 5.97 Å². The summed E-state index contributed by atoms with van der Waals surface area (Å²) in [6, 6.07) is 11.5. The highest BCUT2D eigenvalue weighted by atomic mass is 35.5. The SMILES string of the molecule is CCC(=O)OC1CC(c2ccc(Nc3cc(Cl)c(Cl)cc3N)cc2)C1. The van der Waals surface area contributed by atoms with E-state index in [1.54, 1.807) is 12.1 Å². The summed E-state index contributed by atoms with van der Waals surface area (Å²) < 4.78 is 5.34. The maximum Gasteiger partial charge on any atom is 0.305 e. The monoisotopic (exact) mass is 378 g/mol. The van der Waals surface area contributed by atoms with Gasteiger partial charge in [0, 0.05) is 12.1 Å². The topological polar surface area (TPSA) is 64.3 Å². The second-order valence-electron chi connectivity index (χ2n) is 6.23. The molecular weight excluding hydrogens is 359 g/mol. The zero-order valence-corrected chi connectivity index (χ0v) is 15.4. The molecular formula is C19H20Cl2N2O2. The van der Waals surface area contributed by atoms with Crippen LogP contribution in [0, 0.1) is 0 Å². The lowest BCUT2D eigenvalue weighted by atomic mass is 9.77. The summed E-state index contributed by atoms with van der Waals surface area (Å²) in [7, 11) is 0. The van der Waals surface area contributed by atoms with Gasteiger partial charge in [-0.25, -0.2) is 0 Å². The first-order valence-corrected chi connectivity index (χ1v) is 9.02. The molecule has 1 fully saturated rings. The van der Waals surface area contributed by atoms with Crippen molar-refractivity contribution in [3.8, 4) is 0 Å². The van der Waals surface area contributed by atoms with Gasteiger partial charge in [0.05, 0.1) is 21.4 Å². The first kappa shape index (κ1) is 17.9. The number of benzene rings is 2. The molecule has 0 amide bonds. The number of nitrogen functional groups attached to an aromatic ring is 1. The van der Waals surface area contributed by atoms with Crippen LogP contribution in [0.3, 0.4) is 0 Å². The number of carbonyl (C=O) groups excluding carboxylic acids is 1. The highest BCUT2D eigenvalue weighted by Gasteiger charge is 2.32. The first-order valence-electron chi connectivity index (χ1n) is 8.27. The quantitative estimate of drug-likeness (QED) is 0.531. The maximum atomic E-state index is 11.3. The number of hydrogen-bond acceptors (Lipinski definition) is 4. The fraction of sp³-hybridized carbons (Fsp3) is 0.316. The fourth-order valence-electron chi connectivity index (χ4n) is 2.87. The summed E-state index contributed by atoms with van der Waals surface area (Å²) in [4.78, 5) is 11.3. The van der Waals surface area contributed by atoms with Crippen molar-refractivity contribution in [2.75, 3.05) is 11.1 Å². The molecule has 25 heavy (non-hydrogen) atoms. The third-order valence-electron chi connectivity index (χ3n) is 4.44. The van der Waals surface area contributed by atoms with Crippen LogP contribution in [0.5, 0.6) is 0 Å². The Labute approximate surface area is 157 Å². The number of esters is 1. The molecule has 0 unspecified atom stereocenters. The predicted octanol–water partition coefficient (Wildman–Crippen LogP) is 5.52. The van der Waals surface area contributed by atoms with Crippen molar-refractivity contribution >= 4 is 46.2 Å². The molecule has 4 nitrogen and oxygen atoms in total. The fourth-order valence-corrected chi connectivity index (χ4v) is 3.20. The van der Waals surface area contributed by atoms with E-state index in [0.29, 0.717) is 28.1 Å². The van der Waals surface area contributed by atoms with Gasteiger partial charge in [0.15, 0.2) is 0 Å². The molecule has 1 aliphatic rings. The number of carbonyl (C=O) groups is 1. The Morgan fingerprint density at radius 2 is 1.84 bits per heavy atom. The molecule has 2 aromatic rings. The molecule has 0 heterocycles. The summed E-state index contributed by atoms with van der Waals surface area (Å²) in [5.74, 6) is 0.320. The van der Waals surface area contributed by atoms with Gasteiger partial charge in [-0.1, -0.05) is 42.3 Å². The second-order valence-corrected chi connectivity index (χ2v) is 7.05. The van der Waals surface area contributed by atoms with Gasteiger partial charge in [-0.05, 0) is 48.6 Å². The average molecular weight is 379 g/mol. The molecule has 1 aliphatic carbocycles. The minimum atomic E-state index is -0.123. The van der Waals surface area contributed by atoms with Crippen LogP contribution in [0.25, 0.3) is 0 Å². The van der Waals surface area contributed by atoms with Crippen molar-refractivity contribution in [3.63, 3.8) is 0 Å². The molecule has 0 saturated heterocycles. The minimum Gasteiger partial charge on any atom is -0.462 e. The van der Waals surface area contributed by atoms with Crippen LogP contribution >= 0.6 is 23.2 Å². The van der Waals surface area contributed by atoms with Crippen molar-refractivity contribution in [2.24, 2.45) is 0 Å². The molecule has 6 heteroatoms. The lowest BCUT2D eigenvalue weighted by molar-refractivity contribution is -0.153. The molecule has 132 valence electrons. The number of ether oxygens (including phenoxy) is 1. The Hall–Kier alpha value is -1.91. The molecule has 0 bridgehead atoms. The van der Waals surface area contributed by atoms with E-state index >= 15 is 0 Å². The van der Waals surface area contributed by atoms with E-state index < -0.39 is 0 Å². The van der Waals surface area contributed by atoms with E-state index in [2.05, 4.69) is 17.4 Å². The van der Waals surface area contributed by atoms with Gasteiger partial charge in [-0.2, -0.15) is 0 Å². The highest BCUT2D eigenvalue weighted by Crippen LogP contribution is 2.39. The number of nitrogens with two attached hydrogens (primary N) is 1. The Morgan fingerprint density at radius 1 is 1.20 bits per heavy atom. The molecule has 0 aliphatic heterocycles. The summed E-state index contributed by atoms with van der Waals surface area (Å²) in [6.45, 7) is 1.81. The van der Waals surface area contributed by atoms with Gasteiger partial charge < -0.3 is 15.8 Å². The standard InChI is InChI=1S/C19H20Cl2N2O2/c1-2-19(24)25-14-7-12(8-14)11-3-5-13(6-4-11)23-18-10-16(21)15(20)9-17(18)22/h3-6,9-10,12,14,23H,2,7-8,22H2,1H3. The van der Waals surface area contributed by atoms with E-state index in [1.807, 2.05) is 19.1 Å². The number of rotatable bonds is 5. The largest absolute Gasteiger partial charge is 0.462 e. The molecule has 0 radical (unpaired) electrons. The van der Waals surface area contributed by atoms with Crippen molar-refractivity contribution in [1.29, 1.82) is 0 Å². The van der Waals surface area contributed by atoms with E-state index in [9.17, 15) is 4.79 Å². The van der Waals surface area contributed by atoms with Crippen LogP contribution in [0.4, 0.5) is 17.1 Å². The van der Waals surface area contributed by atoms with E-state index in [1.165, 1.54) is 5.56 Å². The molecule has 3 rings (SSSR count). The summed E-state index contributed by atoms with van der Waals surface area (Å²) in [5, 5.41) is 4.14. The summed E-state index contributed by atoms with van der Waals surface area (Å²) >= 11 is 12.0.